The second kappa shape index (κ2) is 6.10. The molecule has 0 spiro atoms. The van der Waals surface area contributed by atoms with Crippen molar-refractivity contribution in [2.45, 2.75) is 19.3 Å². The first-order valence-corrected chi connectivity index (χ1v) is 6.32. The van der Waals surface area contributed by atoms with Crippen LogP contribution in [-0.4, -0.2) is 12.6 Å². The molecule has 0 aliphatic heterocycles. The van der Waals surface area contributed by atoms with Crippen LogP contribution in [-0.2, 0) is 6.42 Å². The minimum atomic E-state index is 0.378. The summed E-state index contributed by atoms with van der Waals surface area (Å²) in [5.74, 6) is 0.378. The zero-order chi connectivity index (χ0) is 13.7. The standard InChI is InChI=1S/C17H16O2/c1-13(17-8-6-16(12-19)7-9-17)10-14-2-4-15(11-18)5-3-14/h2-9,11-13H,10H2,1H3. The zero-order valence-corrected chi connectivity index (χ0v) is 10.9. The molecule has 0 saturated carbocycles. The summed E-state index contributed by atoms with van der Waals surface area (Å²) >= 11 is 0. The summed E-state index contributed by atoms with van der Waals surface area (Å²) in [6, 6.07) is 15.3. The predicted octanol–water partition coefficient (Wildman–Crippen LogP) is 3.66. The van der Waals surface area contributed by atoms with Crippen LogP contribution in [0.25, 0.3) is 0 Å². The molecule has 2 rings (SSSR count). The molecule has 0 fully saturated rings. The van der Waals surface area contributed by atoms with Gasteiger partial charge in [0.25, 0.3) is 0 Å². The Balaban J connectivity index is 2.08. The van der Waals surface area contributed by atoms with Gasteiger partial charge >= 0.3 is 0 Å². The van der Waals surface area contributed by atoms with Crippen LogP contribution in [0, 0.1) is 0 Å². The van der Waals surface area contributed by atoms with E-state index in [4.69, 9.17) is 0 Å². The molecule has 0 heterocycles. The first-order valence-electron chi connectivity index (χ1n) is 6.32. The normalized spacial score (nSPS) is 11.8. The van der Waals surface area contributed by atoms with Crippen molar-refractivity contribution in [1.82, 2.24) is 0 Å². The van der Waals surface area contributed by atoms with E-state index in [0.717, 1.165) is 19.0 Å². The van der Waals surface area contributed by atoms with E-state index in [-0.39, 0.29) is 0 Å². The summed E-state index contributed by atoms with van der Waals surface area (Å²) in [5.41, 5.74) is 3.82. The van der Waals surface area contributed by atoms with Gasteiger partial charge in [-0.2, -0.15) is 0 Å². The first kappa shape index (κ1) is 13.2. The van der Waals surface area contributed by atoms with Crippen molar-refractivity contribution in [1.29, 1.82) is 0 Å². The first-order chi connectivity index (χ1) is 9.22. The summed E-state index contributed by atoms with van der Waals surface area (Å²) < 4.78 is 0. The van der Waals surface area contributed by atoms with Gasteiger partial charge in [0.15, 0.2) is 0 Å². The molecule has 0 aliphatic rings. The van der Waals surface area contributed by atoms with E-state index in [2.05, 4.69) is 6.92 Å². The molecule has 96 valence electrons. The van der Waals surface area contributed by atoms with Gasteiger partial charge in [-0.25, -0.2) is 0 Å². The van der Waals surface area contributed by atoms with Crippen molar-refractivity contribution >= 4 is 12.6 Å². The van der Waals surface area contributed by atoms with Crippen LogP contribution in [0.15, 0.2) is 48.5 Å². The van der Waals surface area contributed by atoms with Gasteiger partial charge in [0.1, 0.15) is 12.6 Å². The average Bonchev–Trinajstić information content (AvgIpc) is 2.48. The van der Waals surface area contributed by atoms with Crippen molar-refractivity contribution in [2.75, 3.05) is 0 Å². The molecular formula is C17H16O2. The van der Waals surface area contributed by atoms with Crippen LogP contribution in [0.1, 0.15) is 44.7 Å². The van der Waals surface area contributed by atoms with Crippen molar-refractivity contribution in [3.8, 4) is 0 Å². The predicted molar refractivity (Wildman–Crippen MR) is 75.8 cm³/mol. The third-order valence-electron chi connectivity index (χ3n) is 3.30. The van der Waals surface area contributed by atoms with E-state index < -0.39 is 0 Å². The van der Waals surface area contributed by atoms with Gasteiger partial charge in [-0.1, -0.05) is 55.5 Å². The fourth-order valence-corrected chi connectivity index (χ4v) is 2.11. The lowest BCUT2D eigenvalue weighted by Gasteiger charge is -2.12. The molecule has 0 aliphatic carbocycles. The number of aldehydes is 2. The monoisotopic (exact) mass is 252 g/mol. The van der Waals surface area contributed by atoms with E-state index in [1.807, 2.05) is 48.5 Å². The Morgan fingerprint density at radius 3 is 1.79 bits per heavy atom. The molecule has 0 aromatic heterocycles. The summed E-state index contributed by atoms with van der Waals surface area (Å²) in [6.07, 6.45) is 2.62. The lowest BCUT2D eigenvalue weighted by molar-refractivity contribution is 0.111. The van der Waals surface area contributed by atoms with E-state index in [9.17, 15) is 9.59 Å². The summed E-state index contributed by atoms with van der Waals surface area (Å²) in [7, 11) is 0. The number of carbonyl (C=O) groups is 2. The van der Waals surface area contributed by atoms with Crippen LogP contribution < -0.4 is 0 Å². The van der Waals surface area contributed by atoms with Gasteiger partial charge in [0, 0.05) is 11.1 Å². The lowest BCUT2D eigenvalue weighted by Crippen LogP contribution is -1.99. The Kier molecular flexibility index (Phi) is 4.24. The van der Waals surface area contributed by atoms with Gasteiger partial charge in [0.2, 0.25) is 0 Å². The van der Waals surface area contributed by atoms with E-state index in [0.29, 0.717) is 17.0 Å². The zero-order valence-electron chi connectivity index (χ0n) is 10.9. The molecule has 0 radical (unpaired) electrons. The molecule has 2 aromatic carbocycles. The number of rotatable bonds is 5. The topological polar surface area (TPSA) is 34.1 Å². The maximum atomic E-state index is 10.6. The Morgan fingerprint density at radius 1 is 0.842 bits per heavy atom. The second-order valence-electron chi connectivity index (χ2n) is 4.75. The summed E-state index contributed by atoms with van der Waals surface area (Å²) in [4.78, 5) is 21.2. The average molecular weight is 252 g/mol. The fraction of sp³-hybridized carbons (Fsp3) is 0.176. The van der Waals surface area contributed by atoms with Crippen LogP contribution in [0.5, 0.6) is 0 Å². The molecule has 0 N–H and O–H groups in total. The molecule has 19 heavy (non-hydrogen) atoms. The Morgan fingerprint density at radius 2 is 1.32 bits per heavy atom. The highest BCUT2D eigenvalue weighted by Gasteiger charge is 2.06. The number of benzene rings is 2. The van der Waals surface area contributed by atoms with Gasteiger partial charge in [0.05, 0.1) is 0 Å². The highest BCUT2D eigenvalue weighted by atomic mass is 16.1. The van der Waals surface area contributed by atoms with Gasteiger partial charge in [-0.3, -0.25) is 9.59 Å². The Hall–Kier alpha value is -2.22. The fourth-order valence-electron chi connectivity index (χ4n) is 2.11. The largest absolute Gasteiger partial charge is 0.298 e. The second-order valence-corrected chi connectivity index (χ2v) is 4.75. The van der Waals surface area contributed by atoms with E-state index in [1.54, 1.807) is 0 Å². The van der Waals surface area contributed by atoms with Crippen LogP contribution in [0.4, 0.5) is 0 Å². The number of hydrogen-bond acceptors (Lipinski definition) is 2. The highest BCUT2D eigenvalue weighted by Crippen LogP contribution is 2.20. The molecule has 0 bridgehead atoms. The summed E-state index contributed by atoms with van der Waals surface area (Å²) in [5, 5.41) is 0. The maximum Gasteiger partial charge on any atom is 0.150 e. The molecule has 1 unspecified atom stereocenters. The molecule has 0 amide bonds. The molecular weight excluding hydrogens is 236 g/mol. The van der Waals surface area contributed by atoms with Gasteiger partial charge in [-0.05, 0) is 23.5 Å². The molecule has 0 saturated heterocycles. The summed E-state index contributed by atoms with van der Waals surface area (Å²) in [6.45, 7) is 2.16. The minimum absolute atomic E-state index is 0.378. The van der Waals surface area contributed by atoms with E-state index >= 15 is 0 Å². The SMILES string of the molecule is CC(Cc1ccc(C=O)cc1)c1ccc(C=O)cc1. The Labute approximate surface area is 113 Å². The third kappa shape index (κ3) is 3.38. The van der Waals surface area contributed by atoms with Crippen LogP contribution >= 0.6 is 0 Å². The molecule has 1 atom stereocenters. The van der Waals surface area contributed by atoms with E-state index in [1.165, 1.54) is 11.1 Å². The molecule has 2 heteroatoms. The third-order valence-corrected chi connectivity index (χ3v) is 3.30. The lowest BCUT2D eigenvalue weighted by atomic mass is 9.93. The van der Waals surface area contributed by atoms with Crippen molar-refractivity contribution in [3.05, 3.63) is 70.8 Å². The van der Waals surface area contributed by atoms with Crippen LogP contribution in [0.3, 0.4) is 0 Å². The quantitative estimate of drug-likeness (QED) is 0.761. The highest BCUT2D eigenvalue weighted by molar-refractivity contribution is 5.75. The smallest absolute Gasteiger partial charge is 0.150 e. The maximum absolute atomic E-state index is 10.6. The van der Waals surface area contributed by atoms with Gasteiger partial charge in [-0.15, -0.1) is 0 Å². The van der Waals surface area contributed by atoms with Crippen molar-refractivity contribution in [2.24, 2.45) is 0 Å². The molecule has 2 aromatic rings. The molecule has 2 nitrogen and oxygen atoms in total. The van der Waals surface area contributed by atoms with Gasteiger partial charge < -0.3 is 0 Å². The number of hydrogen-bond donors (Lipinski definition) is 0. The number of carbonyl (C=O) groups excluding carboxylic acids is 2. The Bertz CT molecular complexity index is 553. The van der Waals surface area contributed by atoms with Crippen molar-refractivity contribution < 1.29 is 9.59 Å². The van der Waals surface area contributed by atoms with Crippen LogP contribution in [0.2, 0.25) is 0 Å². The minimum Gasteiger partial charge on any atom is -0.298 e. The van der Waals surface area contributed by atoms with Crippen molar-refractivity contribution in [3.63, 3.8) is 0 Å².